The zero-order valence-corrected chi connectivity index (χ0v) is 22.9. The van der Waals surface area contributed by atoms with Gasteiger partial charge in [0.05, 0.1) is 23.8 Å². The number of fused-ring (bicyclic) bond motifs is 2. The molecule has 37 heavy (non-hydrogen) atoms. The molecule has 2 amide bonds. The molecule has 5 fully saturated rings. The van der Waals surface area contributed by atoms with Gasteiger partial charge in [-0.3, -0.25) is 14.9 Å². The molecule has 0 aromatic heterocycles. The second-order valence-corrected chi connectivity index (χ2v) is 13.1. The first-order chi connectivity index (χ1) is 17.5. The molecule has 7 nitrogen and oxygen atoms in total. The Morgan fingerprint density at radius 3 is 2.49 bits per heavy atom. The van der Waals surface area contributed by atoms with E-state index in [0.717, 1.165) is 45.2 Å². The lowest BCUT2D eigenvalue weighted by Gasteiger charge is -2.61. The molecule has 2 saturated heterocycles. The second-order valence-electron chi connectivity index (χ2n) is 13.1. The Labute approximate surface area is 219 Å². The summed E-state index contributed by atoms with van der Waals surface area (Å²) in [6, 6.07) is 0. The summed E-state index contributed by atoms with van der Waals surface area (Å²) in [5.41, 5.74) is -1.92. The highest BCUT2D eigenvalue weighted by molar-refractivity contribution is 5.94. The number of Topliss-reactive ketones (excluding diaryl/α,β-unsaturated/α-hetero) is 1. The number of methoxy groups -OCH3 is 1. The van der Waals surface area contributed by atoms with Gasteiger partial charge in [0.25, 0.3) is 0 Å². The Hall–Kier alpha value is -1.80. The largest absolute Gasteiger partial charge is 0.445 e. The summed E-state index contributed by atoms with van der Waals surface area (Å²) >= 11 is 0. The van der Waals surface area contributed by atoms with E-state index in [0.29, 0.717) is 12.9 Å². The summed E-state index contributed by atoms with van der Waals surface area (Å²) < 4.78 is 25.9. The number of rotatable bonds is 4. The van der Waals surface area contributed by atoms with Crippen LogP contribution in [0.25, 0.3) is 0 Å². The van der Waals surface area contributed by atoms with Gasteiger partial charge in [-0.05, 0) is 68.9 Å². The third kappa shape index (κ3) is 4.00. The van der Waals surface area contributed by atoms with Crippen LogP contribution in [0.3, 0.4) is 0 Å². The molecule has 1 N–H and O–H groups in total. The van der Waals surface area contributed by atoms with Crippen LogP contribution in [0.15, 0.2) is 12.4 Å². The first-order valence-corrected chi connectivity index (χ1v) is 14.1. The molecule has 0 spiro atoms. The number of amides is 2. The minimum atomic E-state index is -1.12. The number of ether oxygens (including phenoxy) is 2. The van der Waals surface area contributed by atoms with Gasteiger partial charge in [0.15, 0.2) is 0 Å². The van der Waals surface area contributed by atoms with Crippen molar-refractivity contribution >= 4 is 17.8 Å². The Balaban J connectivity index is 1.49. The van der Waals surface area contributed by atoms with E-state index in [1.807, 2.05) is 6.92 Å². The van der Waals surface area contributed by atoms with Crippen molar-refractivity contribution in [1.82, 2.24) is 10.2 Å². The number of carbonyl (C=O) groups excluding carboxylic acids is 3. The Morgan fingerprint density at radius 2 is 1.86 bits per heavy atom. The molecule has 3 aliphatic carbocycles. The van der Waals surface area contributed by atoms with Crippen LogP contribution >= 0.6 is 0 Å². The van der Waals surface area contributed by atoms with Gasteiger partial charge in [0, 0.05) is 43.9 Å². The lowest BCUT2D eigenvalue weighted by atomic mass is 9.44. The molecule has 206 valence electrons. The van der Waals surface area contributed by atoms with Crippen LogP contribution in [0, 0.1) is 45.8 Å². The minimum Gasteiger partial charge on any atom is -0.445 e. The third-order valence-corrected chi connectivity index (χ3v) is 11.7. The van der Waals surface area contributed by atoms with E-state index in [9.17, 15) is 18.8 Å². The summed E-state index contributed by atoms with van der Waals surface area (Å²) in [6.07, 6.45) is 4.93. The number of alkyl carbamates (subject to hydrolysis) is 1. The molecule has 11 atom stereocenters. The van der Waals surface area contributed by atoms with Crippen molar-refractivity contribution in [3.63, 3.8) is 0 Å². The van der Waals surface area contributed by atoms with Crippen molar-refractivity contribution in [2.24, 2.45) is 45.8 Å². The predicted molar refractivity (Wildman–Crippen MR) is 136 cm³/mol. The van der Waals surface area contributed by atoms with Crippen molar-refractivity contribution in [1.29, 1.82) is 0 Å². The van der Waals surface area contributed by atoms with Gasteiger partial charge < -0.3 is 14.4 Å². The van der Waals surface area contributed by atoms with Crippen LogP contribution in [-0.4, -0.2) is 61.6 Å². The third-order valence-electron chi connectivity index (χ3n) is 11.7. The van der Waals surface area contributed by atoms with Gasteiger partial charge >= 0.3 is 6.09 Å². The molecule has 5 rings (SSSR count). The van der Waals surface area contributed by atoms with Crippen molar-refractivity contribution < 1.29 is 28.2 Å². The number of carbonyl (C=O) groups is 3. The Kier molecular flexibility index (Phi) is 6.83. The molecule has 0 aromatic rings. The van der Waals surface area contributed by atoms with Crippen LogP contribution in [0.1, 0.15) is 66.2 Å². The van der Waals surface area contributed by atoms with Crippen molar-refractivity contribution in [2.45, 2.75) is 78.4 Å². The Bertz CT molecular complexity index is 987. The monoisotopic (exact) mass is 518 g/mol. The van der Waals surface area contributed by atoms with Gasteiger partial charge in [-0.15, -0.1) is 0 Å². The number of ketones is 1. The van der Waals surface area contributed by atoms with Crippen molar-refractivity contribution in [3.05, 3.63) is 12.4 Å². The predicted octanol–water partition coefficient (Wildman–Crippen LogP) is 4.51. The van der Waals surface area contributed by atoms with E-state index < -0.39 is 23.0 Å². The highest BCUT2D eigenvalue weighted by Crippen LogP contribution is 2.68. The quantitative estimate of drug-likeness (QED) is 0.590. The summed E-state index contributed by atoms with van der Waals surface area (Å²) in [7, 11) is 1.72. The standard InChI is InChI=1S/C29H43FN2O5/c1-17-6-9-29-10-7-21(36-5)23(29)28(17,4)22(14-27(3,11-12-30)24(33)18(29)2)37-26(35)31-25(34)20-16-32-13-8-19(20)15-32/h11-12,17-23H,6-10,13-16H2,1-5H3,(H,31,34,35)/t17-,18+,19-,20+,21-,22-,23?,27-,28+,29?/m1/s1. The second kappa shape index (κ2) is 9.44. The van der Waals surface area contributed by atoms with E-state index in [1.165, 1.54) is 6.08 Å². The average molecular weight is 519 g/mol. The number of allylic oxidation sites excluding steroid dienone is 1. The van der Waals surface area contributed by atoms with Crippen LogP contribution in [0.5, 0.6) is 0 Å². The van der Waals surface area contributed by atoms with Crippen LogP contribution in [-0.2, 0) is 19.1 Å². The molecule has 2 heterocycles. The van der Waals surface area contributed by atoms with Crippen LogP contribution < -0.4 is 5.32 Å². The number of imide groups is 1. The molecule has 0 aromatic carbocycles. The lowest BCUT2D eigenvalue weighted by Crippen LogP contribution is -2.63. The smallest absolute Gasteiger partial charge is 0.414 e. The topological polar surface area (TPSA) is 84.9 Å². The van der Waals surface area contributed by atoms with E-state index in [4.69, 9.17) is 9.47 Å². The Morgan fingerprint density at radius 1 is 1.14 bits per heavy atom. The molecular weight excluding hydrogens is 475 g/mol. The molecule has 3 unspecified atom stereocenters. The molecule has 8 heteroatoms. The van der Waals surface area contributed by atoms with Gasteiger partial charge in [-0.2, -0.15) is 0 Å². The summed E-state index contributed by atoms with van der Waals surface area (Å²) in [5, 5.41) is 2.52. The molecule has 0 radical (unpaired) electrons. The van der Waals surface area contributed by atoms with Crippen molar-refractivity contribution in [3.8, 4) is 0 Å². The van der Waals surface area contributed by atoms with Gasteiger partial charge in [-0.25, -0.2) is 9.18 Å². The SMILES string of the molecule is CO[C@@H]1CCC23CC[C@@H](C)[C@](C)(C12)[C@H](OC(=O)NC(=O)[C@H]1CN2CC[C@@H]1C2)C[C@@](C)(C=CF)C(=O)[C@@H]3C. The maximum atomic E-state index is 14.0. The van der Waals surface area contributed by atoms with Gasteiger partial charge in [-0.1, -0.05) is 20.8 Å². The molecule has 3 saturated carbocycles. The fraction of sp³-hybridized carbons (Fsp3) is 0.828. The van der Waals surface area contributed by atoms with E-state index >= 15 is 0 Å². The summed E-state index contributed by atoms with van der Waals surface area (Å²) in [4.78, 5) is 42.5. The zero-order valence-electron chi connectivity index (χ0n) is 22.9. The number of halogens is 1. The van der Waals surface area contributed by atoms with E-state index in [1.54, 1.807) is 14.0 Å². The molecular formula is C29H43FN2O5. The first kappa shape index (κ1) is 26.8. The number of hydrogen-bond donors (Lipinski definition) is 1. The number of hydrogen-bond acceptors (Lipinski definition) is 6. The van der Waals surface area contributed by atoms with Crippen LogP contribution in [0.4, 0.5) is 9.18 Å². The van der Waals surface area contributed by atoms with Crippen molar-refractivity contribution in [2.75, 3.05) is 26.7 Å². The van der Waals surface area contributed by atoms with E-state index in [-0.39, 0.29) is 59.2 Å². The maximum Gasteiger partial charge on any atom is 0.414 e. The number of piperidine rings is 1. The molecule has 4 bridgehead atoms. The fourth-order valence-corrected chi connectivity index (χ4v) is 9.33. The fourth-order valence-electron chi connectivity index (χ4n) is 9.33. The maximum absolute atomic E-state index is 14.0. The summed E-state index contributed by atoms with van der Waals surface area (Å²) in [6.45, 7) is 10.7. The van der Waals surface area contributed by atoms with Gasteiger partial charge in [0.2, 0.25) is 5.91 Å². The average Bonchev–Trinajstić information content (AvgIpc) is 3.59. The van der Waals surface area contributed by atoms with Gasteiger partial charge in [0.1, 0.15) is 11.9 Å². The highest BCUT2D eigenvalue weighted by atomic mass is 19.1. The zero-order chi connectivity index (χ0) is 26.8. The van der Waals surface area contributed by atoms with E-state index in [2.05, 4.69) is 24.1 Å². The normalized spacial score (nSPS) is 49.0. The molecule has 2 aliphatic heterocycles. The minimum absolute atomic E-state index is 0.0125. The number of nitrogens with zero attached hydrogens (tertiary/aromatic N) is 1. The molecule has 5 aliphatic rings. The highest BCUT2D eigenvalue weighted by Gasteiger charge is 2.68. The lowest BCUT2D eigenvalue weighted by molar-refractivity contribution is -0.189. The van der Waals surface area contributed by atoms with Crippen LogP contribution in [0.2, 0.25) is 0 Å². The first-order valence-electron chi connectivity index (χ1n) is 14.1. The summed E-state index contributed by atoms with van der Waals surface area (Å²) in [5.74, 6) is -0.290. The number of nitrogens with one attached hydrogen (secondary N) is 1.